The van der Waals surface area contributed by atoms with Crippen molar-refractivity contribution in [2.75, 3.05) is 19.8 Å². The third-order valence-corrected chi connectivity index (χ3v) is 2.81. The first-order valence-corrected chi connectivity index (χ1v) is 6.90. The van der Waals surface area contributed by atoms with Crippen LogP contribution in [0.5, 0.6) is 5.75 Å². The third-order valence-electron chi connectivity index (χ3n) is 2.81. The lowest BCUT2D eigenvalue weighted by Crippen LogP contribution is -2.24. The zero-order valence-electron chi connectivity index (χ0n) is 12.0. The number of hydrogen-bond acceptors (Lipinski definition) is 4. The molecule has 0 aromatic heterocycles. The van der Waals surface area contributed by atoms with Crippen LogP contribution in [0.15, 0.2) is 18.2 Å². The molecule has 1 aromatic carbocycles. The van der Waals surface area contributed by atoms with Gasteiger partial charge in [0, 0.05) is 12.2 Å². The number of ether oxygens (including phenoxy) is 2. The van der Waals surface area contributed by atoms with Crippen LogP contribution in [0.4, 0.5) is 4.39 Å². The summed E-state index contributed by atoms with van der Waals surface area (Å²) in [5.74, 6) is -0.0642. The SMILES string of the molecule is CCCCOCC(O)COc1ccc(F)cc1[C@@H](C)O. The van der Waals surface area contributed by atoms with Gasteiger partial charge >= 0.3 is 0 Å². The molecular formula is C15H23FO4. The van der Waals surface area contributed by atoms with E-state index < -0.39 is 18.0 Å². The maximum absolute atomic E-state index is 13.1. The summed E-state index contributed by atoms with van der Waals surface area (Å²) in [5.41, 5.74) is 0.365. The van der Waals surface area contributed by atoms with Crippen LogP contribution in [0.25, 0.3) is 0 Å². The first-order valence-electron chi connectivity index (χ1n) is 6.90. The Morgan fingerprint density at radius 1 is 1.25 bits per heavy atom. The Labute approximate surface area is 119 Å². The van der Waals surface area contributed by atoms with Gasteiger partial charge in [0.1, 0.15) is 24.3 Å². The number of hydrogen-bond donors (Lipinski definition) is 2. The summed E-state index contributed by atoms with van der Waals surface area (Å²) in [7, 11) is 0. The molecular weight excluding hydrogens is 263 g/mol. The average Bonchev–Trinajstić information content (AvgIpc) is 2.42. The van der Waals surface area contributed by atoms with Crippen LogP contribution in [0.1, 0.15) is 38.4 Å². The van der Waals surface area contributed by atoms with Crippen LogP contribution in [0.2, 0.25) is 0 Å². The molecule has 1 rings (SSSR count). The Morgan fingerprint density at radius 2 is 2.00 bits per heavy atom. The van der Waals surface area contributed by atoms with Gasteiger partial charge in [-0.15, -0.1) is 0 Å². The second-order valence-corrected chi connectivity index (χ2v) is 4.75. The summed E-state index contributed by atoms with van der Waals surface area (Å²) in [6.45, 7) is 4.45. The molecule has 2 atom stereocenters. The first kappa shape index (κ1) is 16.9. The van der Waals surface area contributed by atoms with Crippen molar-refractivity contribution in [1.82, 2.24) is 0 Å². The van der Waals surface area contributed by atoms with E-state index >= 15 is 0 Å². The maximum atomic E-state index is 13.1. The fourth-order valence-electron chi connectivity index (χ4n) is 1.68. The summed E-state index contributed by atoms with van der Waals surface area (Å²) in [5, 5.41) is 19.3. The maximum Gasteiger partial charge on any atom is 0.125 e. The van der Waals surface area contributed by atoms with E-state index in [9.17, 15) is 14.6 Å². The number of aliphatic hydroxyl groups is 2. The summed E-state index contributed by atoms with van der Waals surface area (Å²) >= 11 is 0. The van der Waals surface area contributed by atoms with E-state index in [0.717, 1.165) is 12.8 Å². The Bertz CT molecular complexity index is 395. The quantitative estimate of drug-likeness (QED) is 0.685. The lowest BCUT2D eigenvalue weighted by atomic mass is 10.1. The Morgan fingerprint density at radius 3 is 2.65 bits per heavy atom. The fourth-order valence-corrected chi connectivity index (χ4v) is 1.68. The van der Waals surface area contributed by atoms with Crippen molar-refractivity contribution < 1.29 is 24.1 Å². The van der Waals surface area contributed by atoms with Crippen molar-refractivity contribution in [3.63, 3.8) is 0 Å². The lowest BCUT2D eigenvalue weighted by Gasteiger charge is -2.16. The first-order chi connectivity index (χ1) is 9.54. The second-order valence-electron chi connectivity index (χ2n) is 4.75. The topological polar surface area (TPSA) is 58.9 Å². The normalized spacial score (nSPS) is 14.1. The number of aliphatic hydroxyl groups excluding tert-OH is 2. The minimum atomic E-state index is -0.835. The molecule has 0 heterocycles. The molecule has 5 heteroatoms. The van der Waals surface area contributed by atoms with E-state index in [1.807, 2.05) is 0 Å². The van der Waals surface area contributed by atoms with Crippen LogP contribution in [0, 0.1) is 5.82 Å². The van der Waals surface area contributed by atoms with Gasteiger partial charge in [-0.25, -0.2) is 4.39 Å². The second kappa shape index (κ2) is 8.89. The number of unbranched alkanes of at least 4 members (excludes halogenated alkanes) is 1. The summed E-state index contributed by atoms with van der Waals surface area (Å²) in [6.07, 6.45) is 0.412. The molecule has 0 saturated carbocycles. The van der Waals surface area contributed by atoms with Gasteiger partial charge < -0.3 is 19.7 Å². The zero-order chi connectivity index (χ0) is 15.0. The molecule has 0 spiro atoms. The molecule has 0 radical (unpaired) electrons. The summed E-state index contributed by atoms with van der Waals surface area (Å²) in [4.78, 5) is 0. The van der Waals surface area contributed by atoms with Gasteiger partial charge in [0.05, 0.1) is 12.7 Å². The van der Waals surface area contributed by atoms with Gasteiger partial charge in [-0.3, -0.25) is 0 Å². The molecule has 20 heavy (non-hydrogen) atoms. The van der Waals surface area contributed by atoms with Gasteiger partial charge in [0.25, 0.3) is 0 Å². The smallest absolute Gasteiger partial charge is 0.125 e. The monoisotopic (exact) mass is 286 g/mol. The number of halogens is 1. The molecule has 0 aliphatic rings. The van der Waals surface area contributed by atoms with E-state index in [2.05, 4.69) is 6.92 Å². The van der Waals surface area contributed by atoms with E-state index in [1.165, 1.54) is 25.1 Å². The predicted molar refractivity (Wildman–Crippen MR) is 74.3 cm³/mol. The van der Waals surface area contributed by atoms with Crippen molar-refractivity contribution in [3.8, 4) is 5.75 Å². The highest BCUT2D eigenvalue weighted by Crippen LogP contribution is 2.26. The van der Waals surface area contributed by atoms with Crippen LogP contribution < -0.4 is 4.74 Å². The highest BCUT2D eigenvalue weighted by molar-refractivity contribution is 5.35. The molecule has 0 fully saturated rings. The average molecular weight is 286 g/mol. The molecule has 1 aromatic rings. The van der Waals surface area contributed by atoms with Gasteiger partial charge in [-0.1, -0.05) is 13.3 Å². The van der Waals surface area contributed by atoms with Crippen molar-refractivity contribution >= 4 is 0 Å². The van der Waals surface area contributed by atoms with Crippen molar-refractivity contribution in [1.29, 1.82) is 0 Å². The molecule has 2 N–H and O–H groups in total. The van der Waals surface area contributed by atoms with Gasteiger partial charge in [-0.05, 0) is 31.5 Å². The van der Waals surface area contributed by atoms with Crippen LogP contribution in [-0.2, 0) is 4.74 Å². The molecule has 114 valence electrons. The van der Waals surface area contributed by atoms with Crippen LogP contribution >= 0.6 is 0 Å². The van der Waals surface area contributed by atoms with Crippen molar-refractivity contribution in [3.05, 3.63) is 29.6 Å². The molecule has 0 aliphatic carbocycles. The van der Waals surface area contributed by atoms with Gasteiger partial charge in [-0.2, -0.15) is 0 Å². The molecule has 1 unspecified atom stereocenters. The highest BCUT2D eigenvalue weighted by Gasteiger charge is 2.12. The largest absolute Gasteiger partial charge is 0.490 e. The Kier molecular flexibility index (Phi) is 7.51. The standard InChI is InChI=1S/C15H23FO4/c1-3-4-7-19-9-13(18)10-20-15-6-5-12(16)8-14(15)11(2)17/h5-6,8,11,13,17-18H,3-4,7,9-10H2,1-2H3/t11-,13?/m1/s1. The zero-order valence-corrected chi connectivity index (χ0v) is 12.0. The fraction of sp³-hybridized carbons (Fsp3) is 0.600. The third kappa shape index (κ3) is 5.86. The van der Waals surface area contributed by atoms with Crippen molar-refractivity contribution in [2.24, 2.45) is 0 Å². The molecule has 0 bridgehead atoms. The summed E-state index contributed by atoms with van der Waals surface area (Å²) in [6, 6.07) is 3.93. The Balaban J connectivity index is 2.44. The number of benzene rings is 1. The minimum Gasteiger partial charge on any atom is -0.490 e. The van der Waals surface area contributed by atoms with E-state index in [4.69, 9.17) is 9.47 Å². The molecule has 4 nitrogen and oxygen atoms in total. The summed E-state index contributed by atoms with van der Waals surface area (Å²) < 4.78 is 23.8. The van der Waals surface area contributed by atoms with Crippen LogP contribution in [0.3, 0.4) is 0 Å². The Hall–Kier alpha value is -1.17. The van der Waals surface area contributed by atoms with Crippen molar-refractivity contribution in [2.45, 2.75) is 38.9 Å². The molecule has 0 aliphatic heterocycles. The van der Waals surface area contributed by atoms with E-state index in [-0.39, 0.29) is 13.2 Å². The van der Waals surface area contributed by atoms with E-state index in [1.54, 1.807) is 0 Å². The predicted octanol–water partition coefficient (Wildman–Crippen LogP) is 2.44. The van der Waals surface area contributed by atoms with Gasteiger partial charge in [0.15, 0.2) is 0 Å². The van der Waals surface area contributed by atoms with E-state index in [0.29, 0.717) is 17.9 Å². The molecule has 0 amide bonds. The highest BCUT2D eigenvalue weighted by atomic mass is 19.1. The van der Waals surface area contributed by atoms with Crippen LogP contribution in [-0.4, -0.2) is 36.1 Å². The lowest BCUT2D eigenvalue weighted by molar-refractivity contribution is 0.0107. The number of rotatable bonds is 9. The minimum absolute atomic E-state index is 0.0392. The molecule has 0 saturated heterocycles. The van der Waals surface area contributed by atoms with Gasteiger partial charge in [0.2, 0.25) is 0 Å².